The van der Waals surface area contributed by atoms with Crippen LogP contribution in [0.2, 0.25) is 0 Å². The first-order valence-corrected chi connectivity index (χ1v) is 5.29. The van der Waals surface area contributed by atoms with Crippen molar-refractivity contribution >= 4 is 0 Å². The smallest absolute Gasteiger partial charge is 0.161 e. The minimum atomic E-state index is -0.145. The SMILES string of the molecule is COc1ccc(C#C/C=C/C#CCO)cc1OC. The lowest BCUT2D eigenvalue weighted by Gasteiger charge is -2.06. The highest BCUT2D eigenvalue weighted by Crippen LogP contribution is 2.26. The molecule has 0 bridgehead atoms. The third-order valence-corrected chi connectivity index (χ3v) is 2.03. The highest BCUT2D eigenvalue weighted by atomic mass is 16.5. The van der Waals surface area contributed by atoms with E-state index in [0.29, 0.717) is 11.5 Å². The maximum atomic E-state index is 8.44. The van der Waals surface area contributed by atoms with Crippen molar-refractivity contribution in [3.8, 4) is 35.2 Å². The van der Waals surface area contributed by atoms with E-state index < -0.39 is 0 Å². The molecule has 0 atom stereocenters. The molecule has 0 aliphatic rings. The molecule has 0 saturated heterocycles. The Labute approximate surface area is 107 Å². The summed E-state index contributed by atoms with van der Waals surface area (Å²) in [7, 11) is 3.17. The van der Waals surface area contributed by atoms with Gasteiger partial charge in [-0.15, -0.1) is 0 Å². The van der Waals surface area contributed by atoms with Crippen molar-refractivity contribution in [3.05, 3.63) is 35.9 Å². The van der Waals surface area contributed by atoms with E-state index in [1.807, 2.05) is 6.07 Å². The van der Waals surface area contributed by atoms with Gasteiger partial charge in [-0.3, -0.25) is 0 Å². The number of ether oxygens (including phenoxy) is 2. The highest BCUT2D eigenvalue weighted by molar-refractivity contribution is 5.49. The molecule has 0 fully saturated rings. The third kappa shape index (κ3) is 4.25. The molecule has 0 amide bonds. The summed E-state index contributed by atoms with van der Waals surface area (Å²) in [5.41, 5.74) is 0.826. The minimum Gasteiger partial charge on any atom is -0.493 e. The normalized spacial score (nSPS) is 9.06. The minimum absolute atomic E-state index is 0.145. The lowest BCUT2D eigenvalue weighted by Crippen LogP contribution is -1.90. The van der Waals surface area contributed by atoms with Crippen molar-refractivity contribution in [2.45, 2.75) is 0 Å². The first-order valence-electron chi connectivity index (χ1n) is 5.29. The predicted molar refractivity (Wildman–Crippen MR) is 70.4 cm³/mol. The maximum absolute atomic E-state index is 8.44. The van der Waals surface area contributed by atoms with E-state index >= 15 is 0 Å². The summed E-state index contributed by atoms with van der Waals surface area (Å²) >= 11 is 0. The van der Waals surface area contributed by atoms with Crippen LogP contribution in [-0.2, 0) is 0 Å². The Morgan fingerprint density at radius 1 is 1.11 bits per heavy atom. The number of methoxy groups -OCH3 is 2. The molecule has 0 saturated carbocycles. The molecule has 0 spiro atoms. The fourth-order valence-corrected chi connectivity index (χ4v) is 1.23. The van der Waals surface area contributed by atoms with Crippen molar-refractivity contribution in [1.82, 2.24) is 0 Å². The van der Waals surface area contributed by atoms with Crippen molar-refractivity contribution in [2.24, 2.45) is 0 Å². The molecule has 1 rings (SSSR count). The second kappa shape index (κ2) is 7.84. The van der Waals surface area contributed by atoms with Gasteiger partial charge in [0, 0.05) is 5.56 Å². The summed E-state index contributed by atoms with van der Waals surface area (Å²) in [6, 6.07) is 5.46. The van der Waals surface area contributed by atoms with E-state index in [-0.39, 0.29) is 6.61 Å². The largest absolute Gasteiger partial charge is 0.493 e. The molecule has 3 nitrogen and oxygen atoms in total. The molecule has 18 heavy (non-hydrogen) atoms. The van der Waals surface area contributed by atoms with E-state index in [0.717, 1.165) is 5.56 Å². The summed E-state index contributed by atoms with van der Waals surface area (Å²) in [5.74, 6) is 12.2. The predicted octanol–water partition coefficient (Wildman–Crippen LogP) is 1.61. The summed E-state index contributed by atoms with van der Waals surface area (Å²) in [4.78, 5) is 0. The van der Waals surface area contributed by atoms with Crippen LogP contribution >= 0.6 is 0 Å². The van der Waals surface area contributed by atoms with Gasteiger partial charge in [0.15, 0.2) is 11.5 Å². The quantitative estimate of drug-likeness (QED) is 0.801. The van der Waals surface area contributed by atoms with Gasteiger partial charge >= 0.3 is 0 Å². The van der Waals surface area contributed by atoms with Crippen LogP contribution < -0.4 is 9.47 Å². The first-order chi connectivity index (χ1) is 8.81. The van der Waals surface area contributed by atoms with Crippen molar-refractivity contribution in [3.63, 3.8) is 0 Å². The van der Waals surface area contributed by atoms with E-state index in [9.17, 15) is 0 Å². The number of aliphatic hydroxyl groups is 1. The molecule has 92 valence electrons. The van der Waals surface area contributed by atoms with Crippen molar-refractivity contribution in [1.29, 1.82) is 0 Å². The Kier molecular flexibility index (Phi) is 5.97. The summed E-state index contributed by atoms with van der Waals surface area (Å²) in [6.45, 7) is -0.145. The third-order valence-electron chi connectivity index (χ3n) is 2.03. The zero-order valence-corrected chi connectivity index (χ0v) is 10.4. The zero-order valence-electron chi connectivity index (χ0n) is 10.4. The van der Waals surface area contributed by atoms with Crippen LogP contribution in [0.15, 0.2) is 30.4 Å². The fraction of sp³-hybridized carbons (Fsp3) is 0.200. The van der Waals surface area contributed by atoms with Crippen LogP contribution in [0.1, 0.15) is 5.56 Å². The average molecular weight is 242 g/mol. The van der Waals surface area contributed by atoms with Crippen LogP contribution in [0.3, 0.4) is 0 Å². The molecule has 1 aromatic carbocycles. The van der Waals surface area contributed by atoms with Crippen LogP contribution in [0.5, 0.6) is 11.5 Å². The van der Waals surface area contributed by atoms with Crippen molar-refractivity contribution < 1.29 is 14.6 Å². The topological polar surface area (TPSA) is 38.7 Å². The molecule has 1 N–H and O–H groups in total. The number of rotatable bonds is 2. The van der Waals surface area contributed by atoms with Gasteiger partial charge in [0.1, 0.15) is 6.61 Å². The van der Waals surface area contributed by atoms with Gasteiger partial charge < -0.3 is 14.6 Å². The number of hydrogen-bond acceptors (Lipinski definition) is 3. The number of allylic oxidation sites excluding steroid dienone is 2. The van der Waals surface area contributed by atoms with Crippen LogP contribution in [0.4, 0.5) is 0 Å². The average Bonchev–Trinajstić information content (AvgIpc) is 2.42. The van der Waals surface area contributed by atoms with Gasteiger partial charge in [-0.2, -0.15) is 0 Å². The number of hydrogen-bond donors (Lipinski definition) is 1. The molecule has 0 heterocycles. The first kappa shape index (κ1) is 13.7. The molecule has 0 aliphatic carbocycles. The Balaban J connectivity index is 2.80. The van der Waals surface area contributed by atoms with Gasteiger partial charge in [-0.25, -0.2) is 0 Å². The van der Waals surface area contributed by atoms with Gasteiger partial charge in [0.25, 0.3) is 0 Å². The lowest BCUT2D eigenvalue weighted by molar-refractivity contribution is 0.350. The summed E-state index contributed by atoms with van der Waals surface area (Å²) in [5, 5.41) is 8.44. The molecule has 1 aromatic rings. The van der Waals surface area contributed by atoms with Crippen LogP contribution in [-0.4, -0.2) is 25.9 Å². The molecule has 0 unspecified atom stereocenters. The number of benzene rings is 1. The highest BCUT2D eigenvalue weighted by Gasteiger charge is 2.02. The maximum Gasteiger partial charge on any atom is 0.161 e. The zero-order chi connectivity index (χ0) is 13.2. The van der Waals surface area contributed by atoms with Crippen molar-refractivity contribution in [2.75, 3.05) is 20.8 Å². The Morgan fingerprint density at radius 2 is 1.83 bits per heavy atom. The van der Waals surface area contributed by atoms with Gasteiger partial charge in [-0.1, -0.05) is 23.7 Å². The second-order valence-corrected chi connectivity index (χ2v) is 3.15. The van der Waals surface area contributed by atoms with Gasteiger partial charge in [0.05, 0.1) is 14.2 Å². The van der Waals surface area contributed by atoms with E-state index in [4.69, 9.17) is 14.6 Å². The number of aliphatic hydroxyl groups excluding tert-OH is 1. The lowest BCUT2D eigenvalue weighted by atomic mass is 10.2. The molecule has 0 aromatic heterocycles. The molecular weight excluding hydrogens is 228 g/mol. The Morgan fingerprint density at radius 3 is 2.50 bits per heavy atom. The van der Waals surface area contributed by atoms with E-state index in [1.54, 1.807) is 38.5 Å². The Bertz CT molecular complexity index is 536. The second-order valence-electron chi connectivity index (χ2n) is 3.15. The molecule has 0 radical (unpaired) electrons. The van der Waals surface area contributed by atoms with E-state index in [2.05, 4.69) is 23.7 Å². The standard InChI is InChI=1S/C15H14O3/c1-17-14-10-9-13(12-15(14)18-2)8-6-4-3-5-7-11-16/h3-4,9-10,12,16H,11H2,1-2H3/b4-3+. The van der Waals surface area contributed by atoms with Crippen LogP contribution in [0, 0.1) is 23.7 Å². The van der Waals surface area contributed by atoms with E-state index in [1.165, 1.54) is 0 Å². The summed E-state index contributed by atoms with van der Waals surface area (Å²) < 4.78 is 10.3. The van der Waals surface area contributed by atoms with Gasteiger partial charge in [0.2, 0.25) is 0 Å². The van der Waals surface area contributed by atoms with Gasteiger partial charge in [-0.05, 0) is 30.4 Å². The monoisotopic (exact) mass is 242 g/mol. The molecule has 3 heteroatoms. The summed E-state index contributed by atoms with van der Waals surface area (Å²) in [6.07, 6.45) is 3.21. The van der Waals surface area contributed by atoms with Crippen LogP contribution in [0.25, 0.3) is 0 Å². The molecular formula is C15H14O3. The molecule has 0 aliphatic heterocycles. The Hall–Kier alpha value is -2.36. The fourth-order valence-electron chi connectivity index (χ4n) is 1.23.